The number of carbonyl (C=O) groups is 2. The van der Waals surface area contributed by atoms with E-state index in [1.165, 1.54) is 4.49 Å². The number of amides is 2. The fourth-order valence-electron chi connectivity index (χ4n) is 2.42. The van der Waals surface area contributed by atoms with Crippen molar-refractivity contribution in [3.8, 4) is 0 Å². The lowest BCUT2D eigenvalue weighted by molar-refractivity contribution is -0.130. The lowest BCUT2D eigenvalue weighted by Gasteiger charge is -2.35. The van der Waals surface area contributed by atoms with E-state index in [2.05, 4.69) is 21.2 Å². The molecule has 1 saturated heterocycles. The topological polar surface area (TPSA) is 168 Å². The van der Waals surface area contributed by atoms with Gasteiger partial charge in [-0.15, -0.1) is 4.49 Å². The van der Waals surface area contributed by atoms with Crippen LogP contribution < -0.4 is 15.3 Å². The molecule has 14 heteroatoms. The molecule has 0 unspecified atom stereocenters. The van der Waals surface area contributed by atoms with Crippen molar-refractivity contribution in [3.05, 3.63) is 34.3 Å². The number of alkyl carbamates (subject to hydrolysis) is 1. The number of halogens is 1. The lowest BCUT2D eigenvalue weighted by Crippen LogP contribution is -2.53. The summed E-state index contributed by atoms with van der Waals surface area (Å²) >= 11 is 3.28. The summed E-state index contributed by atoms with van der Waals surface area (Å²) in [6.45, 7) is -0.120. The van der Waals surface area contributed by atoms with Crippen molar-refractivity contribution < 1.29 is 31.9 Å². The van der Waals surface area contributed by atoms with Crippen LogP contribution in [0.15, 0.2) is 28.7 Å². The third kappa shape index (κ3) is 6.55. The van der Waals surface area contributed by atoms with Gasteiger partial charge in [-0.1, -0.05) is 28.1 Å². The quantitative estimate of drug-likeness (QED) is 0.344. The summed E-state index contributed by atoms with van der Waals surface area (Å²) in [5, 5.41) is 2.34. The van der Waals surface area contributed by atoms with E-state index in [4.69, 9.17) is 14.8 Å². The Kier molecular flexibility index (Phi) is 7.00. The maximum absolute atomic E-state index is 12.4. The summed E-state index contributed by atoms with van der Waals surface area (Å²) in [5.74, 6) is -0.844. The van der Waals surface area contributed by atoms with Crippen LogP contribution in [0, 0.1) is 0 Å². The minimum absolute atomic E-state index is 0.0244. The van der Waals surface area contributed by atoms with Gasteiger partial charge in [0.25, 0.3) is 5.91 Å². The molecular weight excluding hydrogens is 467 g/mol. The van der Waals surface area contributed by atoms with Gasteiger partial charge < -0.3 is 10.1 Å². The van der Waals surface area contributed by atoms with Gasteiger partial charge >= 0.3 is 24.0 Å². The second kappa shape index (κ2) is 8.67. The largest absolute Gasteiger partial charge is 0.445 e. The van der Waals surface area contributed by atoms with Crippen LogP contribution in [-0.4, -0.2) is 42.2 Å². The minimum atomic E-state index is -4.88. The van der Waals surface area contributed by atoms with Crippen LogP contribution in [0.5, 0.6) is 0 Å². The highest BCUT2D eigenvalue weighted by Gasteiger charge is 2.40. The Morgan fingerprint density at radius 2 is 2.04 bits per heavy atom. The van der Waals surface area contributed by atoms with Gasteiger partial charge in [0.15, 0.2) is 0 Å². The molecule has 0 spiro atoms. The molecule has 1 aromatic rings. The zero-order valence-electron chi connectivity index (χ0n) is 13.9. The molecule has 1 fully saturated rings. The van der Waals surface area contributed by atoms with Gasteiger partial charge in [-0.2, -0.15) is 8.42 Å². The molecule has 1 aliphatic heterocycles. The molecule has 0 bridgehead atoms. The second-order valence-corrected chi connectivity index (χ2v) is 10.0. The zero-order chi connectivity index (χ0) is 20.2. The number of nitrogens with two attached hydrogens (primary N) is 1. The first-order chi connectivity index (χ1) is 12.5. The summed E-state index contributed by atoms with van der Waals surface area (Å²) in [6, 6.07) is 5.96. The van der Waals surface area contributed by atoms with Crippen LogP contribution in [0.3, 0.4) is 0 Å². The van der Waals surface area contributed by atoms with Gasteiger partial charge in [0.05, 0.1) is 0 Å². The molecule has 0 aromatic heterocycles. The molecule has 27 heavy (non-hydrogen) atoms. The Morgan fingerprint density at radius 3 is 2.63 bits per heavy atom. The van der Waals surface area contributed by atoms with E-state index in [0.29, 0.717) is 11.1 Å². The van der Waals surface area contributed by atoms with Crippen molar-refractivity contribution in [1.29, 1.82) is 0 Å². The van der Waals surface area contributed by atoms with Gasteiger partial charge in [-0.25, -0.2) is 4.79 Å². The first-order valence-electron chi connectivity index (χ1n) is 7.62. The fourth-order valence-corrected chi connectivity index (χ4v) is 5.27. The smallest absolute Gasteiger partial charge is 0.408 e. The zero-order valence-corrected chi connectivity index (χ0v) is 17.2. The monoisotopic (exact) mass is 484 g/mol. The molecule has 1 aliphatic rings. The van der Waals surface area contributed by atoms with Crippen LogP contribution in [-0.2, 0) is 31.0 Å². The summed E-state index contributed by atoms with van der Waals surface area (Å²) in [4.78, 5) is 24.3. The van der Waals surface area contributed by atoms with E-state index in [-0.39, 0.29) is 19.6 Å². The number of carbonyl (C=O) groups excluding carboxylic acids is 2. The van der Waals surface area contributed by atoms with Crippen LogP contribution in [0.1, 0.15) is 18.4 Å². The van der Waals surface area contributed by atoms with Gasteiger partial charge in [0.1, 0.15) is 12.6 Å². The maximum Gasteiger partial charge on any atom is 0.408 e. The Labute approximate surface area is 164 Å². The Morgan fingerprint density at radius 1 is 1.41 bits per heavy atom. The van der Waals surface area contributed by atoms with Crippen molar-refractivity contribution in [2.75, 3.05) is 6.54 Å². The molecule has 11 nitrogen and oxygen atoms in total. The minimum Gasteiger partial charge on any atom is -0.445 e. The molecule has 1 heterocycles. The molecule has 2 rings (SSSR count). The third-order valence-corrected chi connectivity index (χ3v) is 7.21. The number of ether oxygens (including phenoxy) is 1. The molecule has 5 N–H and O–H groups in total. The summed E-state index contributed by atoms with van der Waals surface area (Å²) in [6.07, 6.45) is -0.334. The molecule has 2 atom stereocenters. The number of benzene rings is 1. The predicted octanol–water partition coefficient (Wildman–Crippen LogP) is 1.13. The Bertz CT molecular complexity index is 864. The maximum atomic E-state index is 12.4. The number of rotatable bonds is 6. The average Bonchev–Trinajstić information content (AvgIpc) is 2.54. The van der Waals surface area contributed by atoms with Crippen LogP contribution in [0.25, 0.3) is 0 Å². The van der Waals surface area contributed by atoms with Crippen molar-refractivity contribution in [1.82, 2.24) is 14.5 Å². The molecule has 0 aliphatic carbocycles. The van der Waals surface area contributed by atoms with Crippen LogP contribution in [0.4, 0.5) is 4.79 Å². The first-order valence-corrected chi connectivity index (χ1v) is 11.6. The Balaban J connectivity index is 1.95. The molecule has 1 aromatic carbocycles. The predicted molar refractivity (Wildman–Crippen MR) is 98.7 cm³/mol. The first kappa shape index (κ1) is 21.8. The molecule has 2 amide bonds. The number of nitrogens with one attached hydrogen (secondary N) is 2. The number of hydrogen-bond donors (Lipinski definition) is 4. The number of piperidine rings is 1. The van der Waals surface area contributed by atoms with E-state index in [9.17, 15) is 22.6 Å². The number of hydrogen-bond acceptors (Lipinski definition) is 6. The van der Waals surface area contributed by atoms with Gasteiger partial charge in [0.2, 0.25) is 0 Å². The van der Waals surface area contributed by atoms with E-state index < -0.39 is 35.9 Å². The van der Waals surface area contributed by atoms with E-state index >= 15 is 0 Å². The molecule has 0 radical (unpaired) electrons. The van der Waals surface area contributed by atoms with Crippen molar-refractivity contribution >= 4 is 45.8 Å². The third-order valence-electron chi connectivity index (χ3n) is 3.60. The van der Waals surface area contributed by atoms with E-state index in [0.717, 1.165) is 10.0 Å². The highest BCUT2D eigenvalue weighted by atomic mass is 79.9. The highest BCUT2D eigenvalue weighted by Crippen LogP contribution is 2.40. The lowest BCUT2D eigenvalue weighted by atomic mass is 10.1. The molecule has 150 valence electrons. The van der Waals surface area contributed by atoms with Gasteiger partial charge in [0, 0.05) is 11.0 Å². The van der Waals surface area contributed by atoms with Crippen LogP contribution in [0.2, 0.25) is 0 Å². The van der Waals surface area contributed by atoms with E-state index in [1.807, 2.05) is 0 Å². The Hall–Kier alpha value is -1.50. The second-order valence-electron chi connectivity index (χ2n) is 5.69. The standard InChI is InChI=1S/C13H18BrN4O7PS/c14-10-5-3-9(4-6-10)8-25-13(20)16-11-2-1-7-18(12(11)19)26(15,21)17-27(22,23)24/h3-6,11H,1-2,7-8H2,(H,16,20)(H3,15,17,21)(H,22,23,24)/t11-,26-/m1/s1. The molecular formula is C13H18BrN4O7PS. The number of nitrogens with zero attached hydrogens (tertiary/aromatic N) is 1. The highest BCUT2D eigenvalue weighted by molar-refractivity contribution is 9.10. The SMILES string of the molecule is N[P@@](=O)(NS(=O)(=O)O)N1CCC[C@@H](NC(=O)OCc2ccc(Br)cc2)C1=O. The fraction of sp³-hybridized carbons (Fsp3) is 0.385. The van der Waals surface area contributed by atoms with E-state index in [1.54, 1.807) is 24.3 Å². The van der Waals surface area contributed by atoms with Crippen molar-refractivity contribution in [3.63, 3.8) is 0 Å². The van der Waals surface area contributed by atoms with Gasteiger partial charge in [-0.05, 0) is 30.5 Å². The van der Waals surface area contributed by atoms with Crippen molar-refractivity contribution in [2.45, 2.75) is 25.5 Å². The normalized spacial score (nSPS) is 20.0. The van der Waals surface area contributed by atoms with Crippen molar-refractivity contribution in [2.24, 2.45) is 5.50 Å². The summed E-state index contributed by atoms with van der Waals surface area (Å²) in [7, 11) is -9.28. The molecule has 0 saturated carbocycles. The average molecular weight is 485 g/mol. The van der Waals surface area contributed by atoms with Gasteiger partial charge in [-0.3, -0.25) is 24.1 Å². The summed E-state index contributed by atoms with van der Waals surface area (Å²) in [5.41, 5.74) is 6.10. The van der Waals surface area contributed by atoms with Crippen LogP contribution >= 0.6 is 23.5 Å². The summed E-state index contributed by atoms with van der Waals surface area (Å²) < 4.78 is 50.6.